The Hall–Kier alpha value is -0.725. The molecule has 1 aliphatic carbocycles. The van der Waals surface area contributed by atoms with E-state index in [1.54, 1.807) is 0 Å². The van der Waals surface area contributed by atoms with E-state index < -0.39 is 0 Å². The number of hydrogen-bond acceptors (Lipinski definition) is 1. The minimum atomic E-state index is -0.0608. The van der Waals surface area contributed by atoms with Crippen molar-refractivity contribution in [2.24, 2.45) is 0 Å². The molecular formula is C15H31BN2. The van der Waals surface area contributed by atoms with Crippen LogP contribution in [0.25, 0.3) is 0 Å². The molecule has 1 aliphatic rings. The Labute approximate surface area is 116 Å². The molecule has 18 heavy (non-hydrogen) atoms. The summed E-state index contributed by atoms with van der Waals surface area (Å²) in [6.07, 6.45) is 5.56. The summed E-state index contributed by atoms with van der Waals surface area (Å²) in [5.41, 5.74) is 2.60. The van der Waals surface area contributed by atoms with Gasteiger partial charge in [0.1, 0.15) is 0 Å². The van der Waals surface area contributed by atoms with Crippen LogP contribution in [0.3, 0.4) is 0 Å². The Morgan fingerprint density at radius 1 is 1.28 bits per heavy atom. The Bertz CT molecular complexity index is 257. The van der Waals surface area contributed by atoms with Crippen LogP contribution in [0.5, 0.6) is 0 Å². The minimum Gasteiger partial charge on any atom is -0.340 e. The van der Waals surface area contributed by atoms with Gasteiger partial charge in [0.25, 0.3) is 0 Å². The highest BCUT2D eigenvalue weighted by Gasteiger charge is 2.23. The van der Waals surface area contributed by atoms with Gasteiger partial charge in [0.2, 0.25) is 0 Å². The molecule has 0 saturated carbocycles. The summed E-state index contributed by atoms with van der Waals surface area (Å²) in [6, 6.07) is 0. The second-order valence-corrected chi connectivity index (χ2v) is 4.65. The molecule has 0 fully saturated rings. The molecule has 3 heteroatoms. The predicted octanol–water partition coefficient (Wildman–Crippen LogP) is 4.77. The molecule has 1 rings (SSSR count). The zero-order valence-electron chi connectivity index (χ0n) is 13.4. The zero-order valence-corrected chi connectivity index (χ0v) is 13.4. The molecule has 1 unspecified atom stereocenters. The fraction of sp³-hybridized carbons (Fsp3) is 0.800. The maximum Gasteiger partial charge on any atom is 0.0856 e. The molecule has 104 valence electrons. The third-order valence-electron chi connectivity index (χ3n) is 2.94. The zero-order chi connectivity index (χ0) is 14.8. The number of nitrogens with zero attached hydrogens (tertiary/aromatic N) is 1. The van der Waals surface area contributed by atoms with E-state index in [1.165, 1.54) is 17.6 Å². The molecule has 0 saturated heterocycles. The van der Waals surface area contributed by atoms with Gasteiger partial charge in [-0.25, -0.2) is 0 Å². The third kappa shape index (κ3) is 6.88. The van der Waals surface area contributed by atoms with Gasteiger partial charge in [-0.2, -0.15) is 0 Å². The SMILES string of the molecule is CC.CC.[B]C1(C)CCCC(N(C)C=N)=C(C)C1. The monoisotopic (exact) mass is 250 g/mol. The summed E-state index contributed by atoms with van der Waals surface area (Å²) in [6.45, 7) is 12.2. The highest BCUT2D eigenvalue weighted by Crippen LogP contribution is 2.40. The van der Waals surface area contributed by atoms with Crippen molar-refractivity contribution in [3.8, 4) is 0 Å². The van der Waals surface area contributed by atoms with E-state index in [9.17, 15) is 0 Å². The van der Waals surface area contributed by atoms with E-state index in [0.29, 0.717) is 0 Å². The van der Waals surface area contributed by atoms with E-state index in [1.807, 2.05) is 39.6 Å². The molecule has 2 nitrogen and oxygen atoms in total. The smallest absolute Gasteiger partial charge is 0.0856 e. The minimum absolute atomic E-state index is 0.0608. The molecule has 0 amide bonds. The molecule has 0 aromatic heterocycles. The first-order valence-corrected chi connectivity index (χ1v) is 7.17. The molecule has 0 aliphatic heterocycles. The first-order chi connectivity index (χ1) is 8.46. The van der Waals surface area contributed by atoms with Gasteiger partial charge in [-0.1, -0.05) is 51.9 Å². The summed E-state index contributed by atoms with van der Waals surface area (Å²) in [7, 11) is 8.10. The summed E-state index contributed by atoms with van der Waals surface area (Å²) >= 11 is 0. The van der Waals surface area contributed by atoms with E-state index in [2.05, 4.69) is 13.8 Å². The van der Waals surface area contributed by atoms with Gasteiger partial charge < -0.3 is 4.90 Å². The summed E-state index contributed by atoms with van der Waals surface area (Å²) in [5, 5.41) is 7.18. The molecule has 0 aromatic carbocycles. The molecule has 0 bridgehead atoms. The van der Waals surface area contributed by atoms with Crippen LogP contribution in [0, 0.1) is 5.41 Å². The molecule has 1 atom stereocenters. The van der Waals surface area contributed by atoms with Crippen LogP contribution in [0.15, 0.2) is 11.3 Å². The van der Waals surface area contributed by atoms with Crippen molar-refractivity contribution in [2.75, 3.05) is 7.05 Å². The lowest BCUT2D eigenvalue weighted by Crippen LogP contribution is -2.16. The highest BCUT2D eigenvalue weighted by atomic mass is 15.1. The Morgan fingerprint density at radius 2 is 1.78 bits per heavy atom. The van der Waals surface area contributed by atoms with Crippen LogP contribution in [0.2, 0.25) is 5.31 Å². The van der Waals surface area contributed by atoms with Crippen LogP contribution < -0.4 is 0 Å². The quantitative estimate of drug-likeness (QED) is 0.426. The van der Waals surface area contributed by atoms with Gasteiger partial charge in [-0.3, -0.25) is 5.41 Å². The second kappa shape index (κ2) is 10.2. The van der Waals surface area contributed by atoms with E-state index >= 15 is 0 Å². The van der Waals surface area contributed by atoms with Crippen molar-refractivity contribution in [1.82, 2.24) is 4.90 Å². The third-order valence-corrected chi connectivity index (χ3v) is 2.94. The topological polar surface area (TPSA) is 27.1 Å². The maximum absolute atomic E-state index is 7.24. The van der Waals surface area contributed by atoms with Gasteiger partial charge in [-0.05, 0) is 26.2 Å². The van der Waals surface area contributed by atoms with Crippen molar-refractivity contribution in [3.05, 3.63) is 11.3 Å². The van der Waals surface area contributed by atoms with Crippen LogP contribution in [0.1, 0.15) is 67.2 Å². The lowest BCUT2D eigenvalue weighted by Gasteiger charge is -2.23. The van der Waals surface area contributed by atoms with E-state index in [4.69, 9.17) is 13.3 Å². The van der Waals surface area contributed by atoms with E-state index in [-0.39, 0.29) is 5.31 Å². The first-order valence-electron chi connectivity index (χ1n) is 7.17. The van der Waals surface area contributed by atoms with E-state index in [0.717, 1.165) is 25.7 Å². The van der Waals surface area contributed by atoms with Gasteiger partial charge in [0.05, 0.1) is 14.2 Å². The molecule has 1 N–H and O–H groups in total. The fourth-order valence-electron chi connectivity index (χ4n) is 2.22. The van der Waals surface area contributed by atoms with Gasteiger partial charge in [0.15, 0.2) is 0 Å². The molecule has 0 aromatic rings. The fourth-order valence-corrected chi connectivity index (χ4v) is 2.22. The van der Waals surface area contributed by atoms with Crippen LogP contribution >= 0.6 is 0 Å². The standard InChI is InChI=1S/C11H19BN2.2C2H6/c1-9-7-11(2,12)6-4-5-10(9)14(3)8-13;2*1-2/h8,13H,4-7H2,1-3H3;2*1-2H3. The number of rotatable bonds is 2. The lowest BCUT2D eigenvalue weighted by atomic mass is 9.65. The normalized spacial score (nSPS) is 22.8. The highest BCUT2D eigenvalue weighted by molar-refractivity contribution is 6.15. The Morgan fingerprint density at radius 3 is 2.22 bits per heavy atom. The Kier molecular flexibility index (Phi) is 11.1. The van der Waals surface area contributed by atoms with Crippen LogP contribution in [0.4, 0.5) is 0 Å². The van der Waals surface area contributed by atoms with Gasteiger partial charge >= 0.3 is 0 Å². The average Bonchev–Trinajstić information content (AvgIpc) is 2.50. The average molecular weight is 250 g/mol. The molecule has 0 heterocycles. The van der Waals surface area contributed by atoms with Crippen molar-refractivity contribution >= 4 is 14.2 Å². The first kappa shape index (κ1) is 19.6. The number of hydrogen-bond donors (Lipinski definition) is 1. The Balaban J connectivity index is 0. The predicted molar refractivity (Wildman–Crippen MR) is 84.5 cm³/mol. The van der Waals surface area contributed by atoms with Gasteiger partial charge in [0, 0.05) is 12.7 Å². The largest absolute Gasteiger partial charge is 0.340 e. The van der Waals surface area contributed by atoms with Crippen LogP contribution in [-0.2, 0) is 0 Å². The summed E-state index contributed by atoms with van der Waals surface area (Å²) in [5.74, 6) is 0. The van der Waals surface area contributed by atoms with Crippen LogP contribution in [-0.4, -0.2) is 26.1 Å². The second-order valence-electron chi connectivity index (χ2n) is 4.65. The van der Waals surface area contributed by atoms with Crippen molar-refractivity contribution < 1.29 is 0 Å². The maximum atomic E-state index is 7.24. The van der Waals surface area contributed by atoms with Crippen molar-refractivity contribution in [3.63, 3.8) is 0 Å². The number of allylic oxidation sites excluding steroid dienone is 2. The molecule has 2 radical (unpaired) electrons. The summed E-state index contributed by atoms with van der Waals surface area (Å²) < 4.78 is 0. The van der Waals surface area contributed by atoms with Crippen molar-refractivity contribution in [1.29, 1.82) is 5.41 Å². The van der Waals surface area contributed by atoms with Gasteiger partial charge in [-0.15, -0.1) is 0 Å². The van der Waals surface area contributed by atoms with Crippen molar-refractivity contribution in [2.45, 2.75) is 72.5 Å². The molecular weight excluding hydrogens is 219 g/mol. The number of nitrogens with one attached hydrogen (secondary N) is 1. The molecule has 0 spiro atoms. The summed E-state index contributed by atoms with van der Waals surface area (Å²) in [4.78, 5) is 1.90. The lowest BCUT2D eigenvalue weighted by molar-refractivity contribution is 0.540.